The molecule has 2 unspecified atom stereocenters. The predicted octanol–water partition coefficient (Wildman–Crippen LogP) is 4.33. The van der Waals surface area contributed by atoms with Crippen molar-refractivity contribution < 1.29 is 0 Å². The number of nitriles is 1. The lowest BCUT2D eigenvalue weighted by Crippen LogP contribution is -2.26. The van der Waals surface area contributed by atoms with Crippen molar-refractivity contribution in [1.29, 1.82) is 5.26 Å². The van der Waals surface area contributed by atoms with E-state index in [0.29, 0.717) is 11.5 Å². The number of aryl methyl sites for hydroxylation is 1. The molecule has 0 saturated heterocycles. The number of hydrogen-bond acceptors (Lipinski definition) is 4. The number of hydrogen-bond donors (Lipinski definition) is 2. The van der Waals surface area contributed by atoms with E-state index in [1.807, 2.05) is 18.2 Å². The molecule has 2 heterocycles. The quantitative estimate of drug-likeness (QED) is 0.692. The Bertz CT molecular complexity index is 956. The Labute approximate surface area is 148 Å². The number of nitrogens with one attached hydrogen (secondary N) is 2. The largest absolute Gasteiger partial charge is 0.376 e. The predicted molar refractivity (Wildman–Crippen MR) is 96.6 cm³/mol. The highest BCUT2D eigenvalue weighted by Crippen LogP contribution is 2.36. The van der Waals surface area contributed by atoms with Gasteiger partial charge in [0.05, 0.1) is 22.8 Å². The third-order valence-corrected chi connectivity index (χ3v) is 5.30. The van der Waals surface area contributed by atoms with E-state index in [9.17, 15) is 0 Å². The van der Waals surface area contributed by atoms with Gasteiger partial charge in [-0.3, -0.25) is 10.1 Å². The molecule has 0 radical (unpaired) electrons. The van der Waals surface area contributed by atoms with Crippen molar-refractivity contribution in [3.63, 3.8) is 0 Å². The molecule has 24 heavy (non-hydrogen) atoms. The molecule has 0 spiro atoms. The summed E-state index contributed by atoms with van der Waals surface area (Å²) < 4.78 is 0.884. The molecule has 2 atom stereocenters. The van der Waals surface area contributed by atoms with Gasteiger partial charge in [-0.1, -0.05) is 6.92 Å². The van der Waals surface area contributed by atoms with Crippen LogP contribution in [-0.4, -0.2) is 15.2 Å². The summed E-state index contributed by atoms with van der Waals surface area (Å²) >= 11 is 3.49. The number of H-pyrrole nitrogens is 1. The van der Waals surface area contributed by atoms with Gasteiger partial charge in [0.2, 0.25) is 0 Å². The average Bonchev–Trinajstić information content (AvgIpc) is 2.98. The molecule has 3 aromatic rings. The number of halogens is 1. The molecule has 5 nitrogen and oxygen atoms in total. The van der Waals surface area contributed by atoms with Crippen LogP contribution in [0.3, 0.4) is 0 Å². The summed E-state index contributed by atoms with van der Waals surface area (Å²) in [5.41, 5.74) is 4.84. The van der Waals surface area contributed by atoms with Crippen molar-refractivity contribution in [2.24, 2.45) is 5.92 Å². The van der Waals surface area contributed by atoms with Gasteiger partial charge in [-0.05, 0) is 64.5 Å². The fraction of sp³-hybridized carbons (Fsp3) is 0.278. The minimum absolute atomic E-state index is 0.143. The van der Waals surface area contributed by atoms with E-state index in [2.05, 4.69) is 55.5 Å². The van der Waals surface area contributed by atoms with Crippen LogP contribution in [0.15, 0.2) is 35.1 Å². The highest BCUT2D eigenvalue weighted by atomic mass is 79.9. The van der Waals surface area contributed by atoms with Crippen LogP contribution in [0.2, 0.25) is 0 Å². The smallest absolute Gasteiger partial charge is 0.108 e. The number of rotatable bonds is 2. The third-order valence-electron chi connectivity index (χ3n) is 4.69. The van der Waals surface area contributed by atoms with Crippen LogP contribution in [0.1, 0.15) is 36.2 Å². The van der Waals surface area contributed by atoms with Crippen LogP contribution in [0.4, 0.5) is 5.69 Å². The lowest BCUT2D eigenvalue weighted by atomic mass is 9.83. The molecule has 0 saturated carbocycles. The minimum atomic E-state index is 0.143. The van der Waals surface area contributed by atoms with Gasteiger partial charge in [-0.15, -0.1) is 0 Å². The van der Waals surface area contributed by atoms with Gasteiger partial charge in [-0.2, -0.15) is 10.4 Å². The third kappa shape index (κ3) is 2.55. The Kier molecular flexibility index (Phi) is 3.73. The first-order chi connectivity index (χ1) is 11.7. The summed E-state index contributed by atoms with van der Waals surface area (Å²) in [6.07, 6.45) is 3.73. The van der Waals surface area contributed by atoms with E-state index in [-0.39, 0.29) is 6.04 Å². The van der Waals surface area contributed by atoms with Gasteiger partial charge in [-0.25, -0.2) is 0 Å². The van der Waals surface area contributed by atoms with Gasteiger partial charge in [0.15, 0.2) is 0 Å². The number of nitrogens with zero attached hydrogens (tertiary/aromatic N) is 3. The van der Waals surface area contributed by atoms with Crippen molar-refractivity contribution in [3.05, 3.63) is 51.9 Å². The number of aromatic nitrogens is 3. The maximum Gasteiger partial charge on any atom is 0.108 e. The number of anilines is 1. The summed E-state index contributed by atoms with van der Waals surface area (Å²) in [6, 6.07) is 10.4. The number of fused-ring (bicyclic) bond motifs is 2. The Morgan fingerprint density at radius 1 is 1.38 bits per heavy atom. The van der Waals surface area contributed by atoms with Crippen LogP contribution < -0.4 is 5.32 Å². The van der Waals surface area contributed by atoms with Crippen LogP contribution in [0.5, 0.6) is 0 Å². The normalized spacial score (nSPS) is 19.7. The number of aromatic amines is 1. The maximum absolute atomic E-state index is 9.08. The lowest BCUT2D eigenvalue weighted by Gasteiger charge is -2.31. The molecular formula is C18H16BrN5. The van der Waals surface area contributed by atoms with Gasteiger partial charge in [0.1, 0.15) is 10.7 Å². The fourth-order valence-electron chi connectivity index (χ4n) is 3.34. The Hall–Kier alpha value is -2.39. The maximum atomic E-state index is 9.08. The number of benzene rings is 1. The van der Waals surface area contributed by atoms with E-state index in [0.717, 1.165) is 39.7 Å². The molecule has 0 fully saturated rings. The first-order valence-corrected chi connectivity index (χ1v) is 8.74. The Morgan fingerprint density at radius 2 is 2.25 bits per heavy atom. The van der Waals surface area contributed by atoms with Crippen LogP contribution in [0.25, 0.3) is 10.9 Å². The fourth-order valence-corrected chi connectivity index (χ4v) is 3.75. The molecule has 1 aliphatic rings. The van der Waals surface area contributed by atoms with Gasteiger partial charge >= 0.3 is 0 Å². The van der Waals surface area contributed by atoms with Gasteiger partial charge in [0, 0.05) is 17.3 Å². The van der Waals surface area contributed by atoms with Gasteiger partial charge < -0.3 is 5.32 Å². The molecule has 0 bridgehead atoms. The monoisotopic (exact) mass is 381 g/mol. The molecule has 2 aromatic heterocycles. The average molecular weight is 382 g/mol. The van der Waals surface area contributed by atoms with E-state index in [4.69, 9.17) is 5.26 Å². The second-order valence-corrected chi connectivity index (χ2v) is 7.08. The number of pyridine rings is 1. The molecule has 120 valence electrons. The minimum Gasteiger partial charge on any atom is -0.376 e. The van der Waals surface area contributed by atoms with Crippen LogP contribution >= 0.6 is 15.9 Å². The summed E-state index contributed by atoms with van der Waals surface area (Å²) in [5.74, 6) is 0.474. The second-order valence-electron chi connectivity index (χ2n) is 6.29. The zero-order valence-electron chi connectivity index (χ0n) is 13.2. The van der Waals surface area contributed by atoms with E-state index in [1.54, 1.807) is 6.20 Å². The van der Waals surface area contributed by atoms with Gasteiger partial charge in [0.25, 0.3) is 0 Å². The molecule has 0 amide bonds. The molecule has 4 rings (SSSR count). The molecule has 0 aliphatic heterocycles. The zero-order chi connectivity index (χ0) is 16.7. The van der Waals surface area contributed by atoms with Crippen molar-refractivity contribution in [2.45, 2.75) is 25.8 Å². The highest BCUT2D eigenvalue weighted by molar-refractivity contribution is 9.10. The summed E-state index contributed by atoms with van der Waals surface area (Å²) in [4.78, 5) is 4.58. The molecule has 1 aliphatic carbocycles. The van der Waals surface area contributed by atoms with E-state index >= 15 is 0 Å². The zero-order valence-corrected chi connectivity index (χ0v) is 14.8. The van der Waals surface area contributed by atoms with Crippen molar-refractivity contribution in [3.8, 4) is 6.07 Å². The van der Waals surface area contributed by atoms with Crippen LogP contribution in [0, 0.1) is 17.2 Å². The SMILES string of the molecule is CC1CCc2cc(C#N)cnc2C1Nc1ccc2n[nH]c(Br)c2c1. The van der Waals surface area contributed by atoms with E-state index in [1.165, 1.54) is 5.56 Å². The standard InChI is InChI=1S/C18H16BrN5/c1-10-2-3-12-6-11(8-20)9-21-17(12)16(10)22-13-4-5-15-14(7-13)18(19)24-23-15/h4-7,9-10,16,22H,2-3H2,1H3,(H,23,24). The first-order valence-electron chi connectivity index (χ1n) is 7.95. The topological polar surface area (TPSA) is 77.4 Å². The molecule has 1 aromatic carbocycles. The first kappa shape index (κ1) is 15.2. The summed E-state index contributed by atoms with van der Waals surface area (Å²) in [7, 11) is 0. The molecule has 2 N–H and O–H groups in total. The highest BCUT2D eigenvalue weighted by Gasteiger charge is 2.28. The Morgan fingerprint density at radius 3 is 3.08 bits per heavy atom. The Balaban J connectivity index is 1.70. The molecule has 6 heteroatoms. The van der Waals surface area contributed by atoms with Crippen molar-refractivity contribution in [1.82, 2.24) is 15.2 Å². The lowest BCUT2D eigenvalue weighted by molar-refractivity contribution is 0.425. The summed E-state index contributed by atoms with van der Waals surface area (Å²) in [5, 5.41) is 20.9. The van der Waals surface area contributed by atoms with Crippen molar-refractivity contribution in [2.75, 3.05) is 5.32 Å². The second kappa shape index (κ2) is 5.91. The van der Waals surface area contributed by atoms with Crippen LogP contribution in [-0.2, 0) is 6.42 Å². The summed E-state index contributed by atoms with van der Waals surface area (Å²) in [6.45, 7) is 2.24. The van der Waals surface area contributed by atoms with Crippen molar-refractivity contribution >= 4 is 32.5 Å². The van der Waals surface area contributed by atoms with E-state index < -0.39 is 0 Å². The molecular weight excluding hydrogens is 366 g/mol.